The van der Waals surface area contributed by atoms with Gasteiger partial charge in [-0.05, 0) is 42.3 Å². The van der Waals surface area contributed by atoms with Crippen LogP contribution in [0.3, 0.4) is 0 Å². The molecule has 0 saturated carbocycles. The van der Waals surface area contributed by atoms with Crippen molar-refractivity contribution in [1.29, 1.82) is 0 Å². The lowest BCUT2D eigenvalue weighted by atomic mass is 10.1. The van der Waals surface area contributed by atoms with E-state index in [0.29, 0.717) is 23.0 Å². The molecule has 3 rings (SSSR count). The SMILES string of the molecule is CCc1ccc(N2C[C@@H](C(=O)Nc3cc(Cl)ccc3OC)CC2=O)cc1. The highest BCUT2D eigenvalue weighted by Crippen LogP contribution is 2.30. The molecular weight excluding hydrogens is 352 g/mol. The monoisotopic (exact) mass is 372 g/mol. The van der Waals surface area contributed by atoms with Gasteiger partial charge >= 0.3 is 0 Å². The van der Waals surface area contributed by atoms with Gasteiger partial charge in [-0.15, -0.1) is 0 Å². The highest BCUT2D eigenvalue weighted by Gasteiger charge is 2.35. The van der Waals surface area contributed by atoms with E-state index in [1.165, 1.54) is 12.7 Å². The highest BCUT2D eigenvalue weighted by atomic mass is 35.5. The molecule has 1 N–H and O–H groups in total. The van der Waals surface area contributed by atoms with Crippen molar-refractivity contribution in [2.75, 3.05) is 23.9 Å². The first-order chi connectivity index (χ1) is 12.5. The van der Waals surface area contributed by atoms with Crippen molar-refractivity contribution in [3.05, 3.63) is 53.1 Å². The molecule has 0 unspecified atom stereocenters. The Kier molecular flexibility index (Phi) is 5.47. The third kappa shape index (κ3) is 3.83. The Morgan fingerprint density at radius 3 is 2.65 bits per heavy atom. The van der Waals surface area contributed by atoms with Gasteiger partial charge in [0.2, 0.25) is 11.8 Å². The maximum Gasteiger partial charge on any atom is 0.229 e. The number of carbonyl (C=O) groups excluding carboxylic acids is 2. The fourth-order valence-electron chi connectivity index (χ4n) is 3.06. The molecule has 2 amide bonds. The minimum absolute atomic E-state index is 0.0487. The zero-order valence-electron chi connectivity index (χ0n) is 14.8. The lowest BCUT2D eigenvalue weighted by Gasteiger charge is -2.17. The standard InChI is InChI=1S/C20H21ClN2O3/c1-3-13-4-7-16(8-5-13)23-12-14(10-19(23)24)20(25)22-17-11-15(21)6-9-18(17)26-2/h4-9,11,14H,3,10,12H2,1-2H3,(H,22,25)/t14-/m0/s1. The average Bonchev–Trinajstić information content (AvgIpc) is 3.04. The maximum atomic E-state index is 12.6. The fourth-order valence-corrected chi connectivity index (χ4v) is 3.23. The third-order valence-electron chi connectivity index (χ3n) is 4.57. The number of nitrogens with zero attached hydrogens (tertiary/aromatic N) is 1. The van der Waals surface area contributed by atoms with Gasteiger partial charge in [0.15, 0.2) is 0 Å². The predicted octanol–water partition coefficient (Wildman–Crippen LogP) is 3.90. The number of aryl methyl sites for hydroxylation is 1. The van der Waals surface area contributed by atoms with Crippen molar-refractivity contribution >= 4 is 34.8 Å². The molecule has 0 aliphatic carbocycles. The van der Waals surface area contributed by atoms with Crippen molar-refractivity contribution in [2.24, 2.45) is 5.92 Å². The Morgan fingerprint density at radius 1 is 1.27 bits per heavy atom. The number of hydrogen-bond donors (Lipinski definition) is 1. The number of amides is 2. The number of benzene rings is 2. The highest BCUT2D eigenvalue weighted by molar-refractivity contribution is 6.31. The average molecular weight is 373 g/mol. The molecule has 136 valence electrons. The number of rotatable bonds is 5. The van der Waals surface area contributed by atoms with Crippen LogP contribution in [0.1, 0.15) is 18.9 Å². The molecule has 6 heteroatoms. The van der Waals surface area contributed by atoms with E-state index in [2.05, 4.69) is 12.2 Å². The van der Waals surface area contributed by atoms with Gasteiger partial charge in [-0.3, -0.25) is 9.59 Å². The van der Waals surface area contributed by atoms with E-state index >= 15 is 0 Å². The Bertz CT molecular complexity index is 820. The first-order valence-corrected chi connectivity index (χ1v) is 8.93. The molecule has 0 spiro atoms. The van der Waals surface area contributed by atoms with Gasteiger partial charge in [-0.1, -0.05) is 30.7 Å². The summed E-state index contributed by atoms with van der Waals surface area (Å²) in [4.78, 5) is 26.7. The zero-order valence-corrected chi connectivity index (χ0v) is 15.5. The van der Waals surface area contributed by atoms with E-state index in [9.17, 15) is 9.59 Å². The van der Waals surface area contributed by atoms with Crippen LogP contribution >= 0.6 is 11.6 Å². The topological polar surface area (TPSA) is 58.6 Å². The summed E-state index contributed by atoms with van der Waals surface area (Å²) in [7, 11) is 1.53. The molecule has 0 radical (unpaired) electrons. The van der Waals surface area contributed by atoms with Crippen molar-refractivity contribution in [2.45, 2.75) is 19.8 Å². The molecule has 1 heterocycles. The molecular formula is C20H21ClN2O3. The van der Waals surface area contributed by atoms with Crippen LogP contribution in [0.25, 0.3) is 0 Å². The van der Waals surface area contributed by atoms with Crippen LogP contribution in [0.15, 0.2) is 42.5 Å². The first-order valence-electron chi connectivity index (χ1n) is 8.55. The van der Waals surface area contributed by atoms with Crippen LogP contribution in [0.5, 0.6) is 5.75 Å². The van der Waals surface area contributed by atoms with E-state index in [1.54, 1.807) is 23.1 Å². The summed E-state index contributed by atoms with van der Waals surface area (Å²) in [6.45, 7) is 2.44. The second-order valence-corrected chi connectivity index (χ2v) is 6.70. The fraction of sp³-hybridized carbons (Fsp3) is 0.300. The van der Waals surface area contributed by atoms with Crippen LogP contribution in [-0.2, 0) is 16.0 Å². The van der Waals surface area contributed by atoms with Crippen molar-refractivity contribution in [1.82, 2.24) is 0 Å². The number of hydrogen-bond acceptors (Lipinski definition) is 3. The Balaban J connectivity index is 1.71. The quantitative estimate of drug-likeness (QED) is 0.865. The Hall–Kier alpha value is -2.53. The summed E-state index contributed by atoms with van der Waals surface area (Å²) in [6.07, 6.45) is 1.13. The van der Waals surface area contributed by atoms with Crippen LogP contribution in [-0.4, -0.2) is 25.5 Å². The number of carbonyl (C=O) groups is 2. The number of methoxy groups -OCH3 is 1. The minimum atomic E-state index is -0.419. The second kappa shape index (κ2) is 7.79. The summed E-state index contributed by atoms with van der Waals surface area (Å²) < 4.78 is 5.25. The molecule has 1 atom stereocenters. The zero-order chi connectivity index (χ0) is 18.7. The molecule has 5 nitrogen and oxygen atoms in total. The largest absolute Gasteiger partial charge is 0.495 e. The van der Waals surface area contributed by atoms with E-state index in [-0.39, 0.29) is 18.2 Å². The third-order valence-corrected chi connectivity index (χ3v) is 4.81. The van der Waals surface area contributed by atoms with Crippen molar-refractivity contribution in [3.8, 4) is 5.75 Å². The van der Waals surface area contributed by atoms with Gasteiger partial charge in [0, 0.05) is 23.7 Å². The van der Waals surface area contributed by atoms with Crippen molar-refractivity contribution < 1.29 is 14.3 Å². The van der Waals surface area contributed by atoms with Gasteiger partial charge in [-0.2, -0.15) is 0 Å². The van der Waals surface area contributed by atoms with Gasteiger partial charge in [0.05, 0.1) is 18.7 Å². The normalized spacial score (nSPS) is 16.7. The first kappa shape index (κ1) is 18.3. The molecule has 1 aliphatic heterocycles. The Morgan fingerprint density at radius 2 is 2.00 bits per heavy atom. The number of halogens is 1. The molecule has 1 fully saturated rings. The summed E-state index contributed by atoms with van der Waals surface area (Å²) in [5.41, 5.74) is 2.54. The van der Waals surface area contributed by atoms with Gasteiger partial charge < -0.3 is 15.0 Å². The number of ether oxygens (including phenoxy) is 1. The molecule has 0 bridgehead atoms. The summed E-state index contributed by atoms with van der Waals surface area (Å²) in [5, 5.41) is 3.33. The predicted molar refractivity (Wildman–Crippen MR) is 103 cm³/mol. The van der Waals surface area contributed by atoms with Crippen LogP contribution < -0.4 is 15.0 Å². The van der Waals surface area contributed by atoms with Gasteiger partial charge in [0.25, 0.3) is 0 Å². The molecule has 2 aromatic carbocycles. The van der Waals surface area contributed by atoms with Crippen LogP contribution in [0.4, 0.5) is 11.4 Å². The number of anilines is 2. The van der Waals surface area contributed by atoms with Crippen LogP contribution in [0, 0.1) is 5.92 Å². The Labute approximate surface area is 157 Å². The van der Waals surface area contributed by atoms with E-state index in [0.717, 1.165) is 12.1 Å². The molecule has 0 aromatic heterocycles. The number of nitrogens with one attached hydrogen (secondary N) is 1. The van der Waals surface area contributed by atoms with E-state index in [4.69, 9.17) is 16.3 Å². The lowest BCUT2D eigenvalue weighted by Crippen LogP contribution is -2.28. The van der Waals surface area contributed by atoms with Gasteiger partial charge in [-0.25, -0.2) is 0 Å². The van der Waals surface area contributed by atoms with Crippen molar-refractivity contribution in [3.63, 3.8) is 0 Å². The van der Waals surface area contributed by atoms with E-state index < -0.39 is 5.92 Å². The summed E-state index contributed by atoms with van der Waals surface area (Å²) >= 11 is 6.00. The minimum Gasteiger partial charge on any atom is -0.495 e. The molecule has 1 saturated heterocycles. The second-order valence-electron chi connectivity index (χ2n) is 6.26. The molecule has 26 heavy (non-hydrogen) atoms. The lowest BCUT2D eigenvalue weighted by molar-refractivity contribution is -0.122. The molecule has 1 aliphatic rings. The summed E-state index contributed by atoms with van der Waals surface area (Å²) in [5.74, 6) is -0.157. The molecule has 2 aromatic rings. The van der Waals surface area contributed by atoms with Gasteiger partial charge in [0.1, 0.15) is 5.75 Å². The van der Waals surface area contributed by atoms with E-state index in [1.807, 2.05) is 24.3 Å². The summed E-state index contributed by atoms with van der Waals surface area (Å²) in [6, 6.07) is 12.9. The maximum absolute atomic E-state index is 12.6. The smallest absolute Gasteiger partial charge is 0.229 e. The van der Waals surface area contributed by atoms with Crippen LogP contribution in [0.2, 0.25) is 5.02 Å².